The van der Waals surface area contributed by atoms with E-state index in [1.807, 2.05) is 19.1 Å². The molecule has 1 rings (SSSR count). The Bertz CT molecular complexity index is 522. The molecule has 0 aromatic heterocycles. The summed E-state index contributed by atoms with van der Waals surface area (Å²) in [5.74, 6) is -0.414. The molecule has 0 atom stereocenters. The largest absolute Gasteiger partial charge is 0.507 e. The molecule has 1 aromatic carbocycles. The molecule has 0 saturated heterocycles. The molecule has 0 aliphatic carbocycles. The average Bonchev–Trinajstić information content (AvgIpc) is 2.29. The zero-order valence-corrected chi connectivity index (χ0v) is 14.1. The van der Waals surface area contributed by atoms with Gasteiger partial charge >= 0.3 is 5.97 Å². The maximum Gasteiger partial charge on any atom is 0.303 e. The van der Waals surface area contributed by atoms with Crippen LogP contribution in [0, 0.1) is 6.92 Å². The van der Waals surface area contributed by atoms with Crippen LogP contribution in [0.15, 0.2) is 12.1 Å². The predicted molar refractivity (Wildman–Crippen MR) is 86.1 cm³/mol. The Balaban J connectivity index is 3.17. The standard InChI is InChI=1S/C18H28O3/c1-12-10-13(17(2,3)4)16(21)14(11-12)18(5,6)9-7-8-15(19)20/h10-11,21H,7-9H2,1-6H3,(H,19,20). The van der Waals surface area contributed by atoms with Crippen LogP contribution in [0.2, 0.25) is 0 Å². The van der Waals surface area contributed by atoms with Gasteiger partial charge in [0, 0.05) is 12.0 Å². The van der Waals surface area contributed by atoms with Crippen molar-refractivity contribution in [1.82, 2.24) is 0 Å². The Hall–Kier alpha value is -1.51. The zero-order valence-electron chi connectivity index (χ0n) is 14.1. The monoisotopic (exact) mass is 292 g/mol. The van der Waals surface area contributed by atoms with Crippen molar-refractivity contribution < 1.29 is 15.0 Å². The highest BCUT2D eigenvalue weighted by atomic mass is 16.4. The first kappa shape index (κ1) is 17.5. The molecule has 0 spiro atoms. The number of phenols is 1. The van der Waals surface area contributed by atoms with Gasteiger partial charge in [0.1, 0.15) is 5.75 Å². The Kier molecular flexibility index (Phi) is 5.08. The maximum absolute atomic E-state index is 10.7. The molecule has 0 heterocycles. The third kappa shape index (κ3) is 4.48. The fourth-order valence-electron chi connectivity index (χ4n) is 2.68. The van der Waals surface area contributed by atoms with Gasteiger partial charge in [-0.05, 0) is 36.2 Å². The number of aryl methyl sites for hydroxylation is 1. The summed E-state index contributed by atoms with van der Waals surface area (Å²) in [6, 6.07) is 4.05. The van der Waals surface area contributed by atoms with Gasteiger partial charge in [0.05, 0.1) is 0 Å². The van der Waals surface area contributed by atoms with E-state index in [0.717, 1.165) is 23.1 Å². The second-order valence-corrected chi connectivity index (χ2v) is 7.59. The molecule has 118 valence electrons. The Morgan fingerprint density at radius 3 is 2.10 bits per heavy atom. The van der Waals surface area contributed by atoms with Crippen molar-refractivity contribution in [3.05, 3.63) is 28.8 Å². The third-order valence-corrected chi connectivity index (χ3v) is 3.98. The van der Waals surface area contributed by atoms with E-state index in [2.05, 4.69) is 34.6 Å². The molecule has 2 N–H and O–H groups in total. The highest BCUT2D eigenvalue weighted by Gasteiger charge is 2.28. The number of carboxylic acids is 1. The number of aliphatic carboxylic acids is 1. The fraction of sp³-hybridized carbons (Fsp3) is 0.611. The maximum atomic E-state index is 10.7. The van der Waals surface area contributed by atoms with Crippen molar-refractivity contribution in [2.45, 2.75) is 71.6 Å². The molecule has 0 aliphatic heterocycles. The average molecular weight is 292 g/mol. The summed E-state index contributed by atoms with van der Waals surface area (Å²) in [6.07, 6.45) is 1.52. The van der Waals surface area contributed by atoms with Gasteiger partial charge in [-0.25, -0.2) is 0 Å². The minimum absolute atomic E-state index is 0.123. The molecule has 0 radical (unpaired) electrons. The van der Waals surface area contributed by atoms with Crippen LogP contribution in [-0.4, -0.2) is 16.2 Å². The number of carboxylic acid groups (broad SMARTS) is 1. The van der Waals surface area contributed by atoms with E-state index in [-0.39, 0.29) is 17.3 Å². The number of carbonyl (C=O) groups is 1. The van der Waals surface area contributed by atoms with Crippen LogP contribution < -0.4 is 0 Å². The van der Waals surface area contributed by atoms with Gasteiger partial charge in [0.25, 0.3) is 0 Å². The van der Waals surface area contributed by atoms with Gasteiger partial charge < -0.3 is 10.2 Å². The van der Waals surface area contributed by atoms with E-state index in [1.54, 1.807) is 0 Å². The van der Waals surface area contributed by atoms with Crippen molar-refractivity contribution in [2.24, 2.45) is 0 Å². The first-order valence-electron chi connectivity index (χ1n) is 7.51. The summed E-state index contributed by atoms with van der Waals surface area (Å²) < 4.78 is 0. The van der Waals surface area contributed by atoms with E-state index in [4.69, 9.17) is 5.11 Å². The smallest absolute Gasteiger partial charge is 0.303 e. The third-order valence-electron chi connectivity index (χ3n) is 3.98. The zero-order chi connectivity index (χ0) is 16.4. The predicted octanol–water partition coefficient (Wildman–Crippen LogP) is 4.53. The lowest BCUT2D eigenvalue weighted by molar-refractivity contribution is -0.137. The van der Waals surface area contributed by atoms with E-state index >= 15 is 0 Å². The van der Waals surface area contributed by atoms with Crippen molar-refractivity contribution >= 4 is 5.97 Å². The van der Waals surface area contributed by atoms with Gasteiger partial charge in [-0.1, -0.05) is 52.3 Å². The molecule has 0 fully saturated rings. The highest BCUT2D eigenvalue weighted by molar-refractivity contribution is 5.66. The van der Waals surface area contributed by atoms with Gasteiger partial charge in [-0.15, -0.1) is 0 Å². The van der Waals surface area contributed by atoms with Crippen LogP contribution in [0.3, 0.4) is 0 Å². The van der Waals surface area contributed by atoms with Crippen LogP contribution in [0.4, 0.5) is 0 Å². The lowest BCUT2D eigenvalue weighted by atomic mass is 9.75. The first-order valence-corrected chi connectivity index (χ1v) is 7.51. The SMILES string of the molecule is Cc1cc(C(C)(C)C)c(O)c(C(C)(C)CCCC(=O)O)c1. The van der Waals surface area contributed by atoms with Crippen LogP contribution in [-0.2, 0) is 15.6 Å². The minimum atomic E-state index is -0.769. The molecule has 0 unspecified atom stereocenters. The Morgan fingerprint density at radius 1 is 1.10 bits per heavy atom. The minimum Gasteiger partial charge on any atom is -0.507 e. The number of rotatable bonds is 5. The summed E-state index contributed by atoms with van der Waals surface area (Å²) in [5, 5.41) is 19.5. The molecule has 1 aromatic rings. The molecule has 0 saturated carbocycles. The van der Waals surface area contributed by atoms with Gasteiger partial charge in [0.15, 0.2) is 0 Å². The molecule has 3 nitrogen and oxygen atoms in total. The molecule has 0 aliphatic rings. The van der Waals surface area contributed by atoms with Crippen LogP contribution in [0.5, 0.6) is 5.75 Å². The Labute approximate surface area is 128 Å². The van der Waals surface area contributed by atoms with Gasteiger partial charge in [0.2, 0.25) is 0 Å². The normalized spacial score (nSPS) is 12.5. The summed E-state index contributed by atoms with van der Waals surface area (Å²) in [6.45, 7) is 12.4. The molecular weight excluding hydrogens is 264 g/mol. The van der Waals surface area contributed by atoms with Crippen LogP contribution >= 0.6 is 0 Å². The lowest BCUT2D eigenvalue weighted by Crippen LogP contribution is -2.21. The number of phenolic OH excluding ortho intramolecular Hbond substituents is 1. The first-order chi connectivity index (χ1) is 9.45. The summed E-state index contributed by atoms with van der Waals surface area (Å²) in [7, 11) is 0. The summed E-state index contributed by atoms with van der Waals surface area (Å²) in [5.41, 5.74) is 2.62. The van der Waals surface area contributed by atoms with E-state index in [0.29, 0.717) is 12.2 Å². The number of hydrogen-bond donors (Lipinski definition) is 2. The van der Waals surface area contributed by atoms with E-state index in [1.165, 1.54) is 0 Å². The number of aromatic hydroxyl groups is 1. The second kappa shape index (κ2) is 6.08. The molecule has 21 heavy (non-hydrogen) atoms. The number of hydrogen-bond acceptors (Lipinski definition) is 2. The number of benzene rings is 1. The van der Waals surface area contributed by atoms with Gasteiger partial charge in [-0.3, -0.25) is 4.79 Å². The lowest BCUT2D eigenvalue weighted by Gasteiger charge is -2.30. The highest BCUT2D eigenvalue weighted by Crippen LogP contribution is 2.41. The molecular formula is C18H28O3. The van der Waals surface area contributed by atoms with E-state index in [9.17, 15) is 9.90 Å². The van der Waals surface area contributed by atoms with Gasteiger partial charge in [-0.2, -0.15) is 0 Å². The van der Waals surface area contributed by atoms with Crippen molar-refractivity contribution in [2.75, 3.05) is 0 Å². The molecule has 3 heteroatoms. The fourth-order valence-corrected chi connectivity index (χ4v) is 2.68. The second-order valence-electron chi connectivity index (χ2n) is 7.59. The van der Waals surface area contributed by atoms with Crippen molar-refractivity contribution in [1.29, 1.82) is 0 Å². The summed E-state index contributed by atoms with van der Waals surface area (Å²) in [4.78, 5) is 10.7. The molecule has 0 bridgehead atoms. The van der Waals surface area contributed by atoms with Crippen LogP contribution in [0.25, 0.3) is 0 Å². The summed E-state index contributed by atoms with van der Waals surface area (Å²) >= 11 is 0. The Morgan fingerprint density at radius 2 is 1.62 bits per heavy atom. The van der Waals surface area contributed by atoms with Crippen molar-refractivity contribution in [3.8, 4) is 5.75 Å². The van der Waals surface area contributed by atoms with Crippen LogP contribution in [0.1, 0.15) is 70.6 Å². The topological polar surface area (TPSA) is 57.5 Å². The van der Waals surface area contributed by atoms with E-state index < -0.39 is 5.97 Å². The molecule has 0 amide bonds. The quantitative estimate of drug-likeness (QED) is 0.838. The van der Waals surface area contributed by atoms with Crippen molar-refractivity contribution in [3.63, 3.8) is 0 Å².